The second kappa shape index (κ2) is 9.07. The van der Waals surface area contributed by atoms with E-state index in [-0.39, 0.29) is 10.8 Å². The number of methoxy groups -OCH3 is 1. The van der Waals surface area contributed by atoms with Crippen LogP contribution in [0.25, 0.3) is 10.9 Å². The maximum atomic E-state index is 12.9. The minimum absolute atomic E-state index is 0.00202. The Balaban J connectivity index is 1.80. The summed E-state index contributed by atoms with van der Waals surface area (Å²) in [6, 6.07) is 10.7. The van der Waals surface area contributed by atoms with Gasteiger partial charge in [0.15, 0.2) is 15.6 Å². The van der Waals surface area contributed by atoms with Crippen LogP contribution in [0, 0.1) is 12.3 Å². The highest BCUT2D eigenvalue weighted by atomic mass is 35.5. The Morgan fingerprint density at radius 3 is 2.47 bits per heavy atom. The highest BCUT2D eigenvalue weighted by molar-refractivity contribution is 7.92. The van der Waals surface area contributed by atoms with Crippen LogP contribution in [0.2, 0.25) is 5.02 Å². The second-order valence-corrected chi connectivity index (χ2v) is 9.62. The van der Waals surface area contributed by atoms with E-state index in [1.807, 2.05) is 0 Å². The molecule has 3 aromatic rings. The molecule has 9 heteroatoms. The predicted octanol–water partition coefficient (Wildman–Crippen LogP) is 3.25. The average molecular weight is 473 g/mol. The Hall–Kier alpha value is -3.28. The van der Waals surface area contributed by atoms with Gasteiger partial charge in [-0.3, -0.25) is 9.59 Å². The third-order valence-corrected chi connectivity index (χ3v) is 7.05. The largest absolute Gasteiger partial charge is 0.468 e. The lowest BCUT2D eigenvalue weighted by Crippen LogP contribution is -2.28. The number of halogens is 1. The standard InChI is InChI=1S/C23H21ClN2O5S/c1-5-15-10-19(24)18-12-21(26(3)20(18)11-15)23(28)25-14(2)16-6-8-17(9-7-16)32(29,30)13-22(27)31-4/h1,6-12,14H,13H2,2-4H3,(H,25,28). The number of fused-ring (bicyclic) bond motifs is 1. The second-order valence-electron chi connectivity index (χ2n) is 7.22. The Morgan fingerprint density at radius 2 is 1.88 bits per heavy atom. The van der Waals surface area contributed by atoms with Crippen LogP contribution < -0.4 is 5.32 Å². The molecule has 1 aromatic heterocycles. The van der Waals surface area contributed by atoms with E-state index in [9.17, 15) is 18.0 Å². The number of aromatic nitrogens is 1. The Kier molecular flexibility index (Phi) is 6.63. The zero-order valence-electron chi connectivity index (χ0n) is 17.7. The van der Waals surface area contributed by atoms with Gasteiger partial charge in [0.05, 0.1) is 28.6 Å². The molecule has 1 heterocycles. The summed E-state index contributed by atoms with van der Waals surface area (Å²) < 4.78 is 30.6. The molecule has 3 rings (SSSR count). The molecule has 0 bridgehead atoms. The average Bonchev–Trinajstić information content (AvgIpc) is 3.10. The summed E-state index contributed by atoms with van der Waals surface area (Å²) in [5.41, 5.74) is 2.46. The number of esters is 1. The van der Waals surface area contributed by atoms with Crippen molar-refractivity contribution >= 4 is 44.2 Å². The quantitative estimate of drug-likeness (QED) is 0.439. The van der Waals surface area contributed by atoms with Crippen LogP contribution in [-0.2, 0) is 26.4 Å². The molecule has 1 unspecified atom stereocenters. The van der Waals surface area contributed by atoms with Crippen LogP contribution in [0.15, 0.2) is 47.4 Å². The highest BCUT2D eigenvalue weighted by Gasteiger charge is 2.21. The van der Waals surface area contributed by atoms with E-state index in [4.69, 9.17) is 18.0 Å². The number of hydrogen-bond acceptors (Lipinski definition) is 5. The van der Waals surface area contributed by atoms with Crippen LogP contribution in [-0.4, -0.2) is 37.7 Å². The highest BCUT2D eigenvalue weighted by Crippen LogP contribution is 2.28. The minimum Gasteiger partial charge on any atom is -0.468 e. The van der Waals surface area contributed by atoms with E-state index in [1.165, 1.54) is 12.1 Å². The van der Waals surface area contributed by atoms with Crippen LogP contribution in [0.5, 0.6) is 0 Å². The summed E-state index contributed by atoms with van der Waals surface area (Å²) in [5.74, 6) is 0.649. The van der Waals surface area contributed by atoms with Crippen molar-refractivity contribution in [1.29, 1.82) is 0 Å². The predicted molar refractivity (Wildman–Crippen MR) is 122 cm³/mol. The van der Waals surface area contributed by atoms with Gasteiger partial charge < -0.3 is 14.6 Å². The number of aryl methyl sites for hydroxylation is 1. The van der Waals surface area contributed by atoms with Crippen molar-refractivity contribution in [3.8, 4) is 12.3 Å². The number of ether oxygens (including phenoxy) is 1. The van der Waals surface area contributed by atoms with E-state index in [2.05, 4.69) is 16.0 Å². The molecule has 7 nitrogen and oxygen atoms in total. The fourth-order valence-electron chi connectivity index (χ4n) is 3.30. The lowest BCUT2D eigenvalue weighted by Gasteiger charge is -2.15. The fraction of sp³-hybridized carbons (Fsp3) is 0.217. The maximum absolute atomic E-state index is 12.9. The number of benzene rings is 2. The number of sulfone groups is 1. The molecule has 0 aliphatic heterocycles. The molecule has 1 amide bonds. The fourth-order valence-corrected chi connectivity index (χ4v) is 4.72. The molecule has 1 atom stereocenters. The summed E-state index contributed by atoms with van der Waals surface area (Å²) >= 11 is 6.31. The van der Waals surface area contributed by atoms with Gasteiger partial charge in [0.1, 0.15) is 5.69 Å². The van der Waals surface area contributed by atoms with Gasteiger partial charge in [-0.05, 0) is 42.8 Å². The molecule has 32 heavy (non-hydrogen) atoms. The molecule has 2 aromatic carbocycles. The molecule has 0 aliphatic carbocycles. The molecule has 0 aliphatic rings. The van der Waals surface area contributed by atoms with Gasteiger partial charge in [0, 0.05) is 18.0 Å². The lowest BCUT2D eigenvalue weighted by molar-refractivity contribution is -0.137. The van der Waals surface area contributed by atoms with Crippen molar-refractivity contribution < 1.29 is 22.7 Å². The Morgan fingerprint density at radius 1 is 1.22 bits per heavy atom. The van der Waals surface area contributed by atoms with Crippen molar-refractivity contribution in [3.63, 3.8) is 0 Å². The van der Waals surface area contributed by atoms with Gasteiger partial charge in [-0.1, -0.05) is 29.7 Å². The maximum Gasteiger partial charge on any atom is 0.321 e. The summed E-state index contributed by atoms with van der Waals surface area (Å²) in [6.07, 6.45) is 5.47. The Labute approximate surface area is 191 Å². The smallest absolute Gasteiger partial charge is 0.321 e. The number of carbonyl (C=O) groups excluding carboxylic acids is 2. The van der Waals surface area contributed by atoms with Crippen molar-refractivity contribution in [2.24, 2.45) is 7.05 Å². The van der Waals surface area contributed by atoms with E-state index < -0.39 is 27.6 Å². The van der Waals surface area contributed by atoms with E-state index in [0.717, 1.165) is 12.6 Å². The molecule has 0 spiro atoms. The number of rotatable bonds is 6. The molecule has 0 radical (unpaired) electrons. The van der Waals surface area contributed by atoms with Crippen molar-refractivity contribution in [2.75, 3.05) is 12.9 Å². The summed E-state index contributed by atoms with van der Waals surface area (Å²) in [7, 11) is -0.925. The number of terminal acetylenes is 1. The Bertz CT molecular complexity index is 1350. The number of nitrogens with one attached hydrogen (secondary N) is 1. The van der Waals surface area contributed by atoms with Crippen LogP contribution in [0.1, 0.15) is 34.6 Å². The topological polar surface area (TPSA) is 94.5 Å². The first-order valence-electron chi connectivity index (χ1n) is 9.53. The SMILES string of the molecule is C#Cc1cc(Cl)c2cc(C(=O)NC(C)c3ccc(S(=O)(=O)CC(=O)OC)cc3)n(C)c2c1. The zero-order valence-corrected chi connectivity index (χ0v) is 19.3. The lowest BCUT2D eigenvalue weighted by atomic mass is 10.1. The van der Waals surface area contributed by atoms with Crippen LogP contribution in [0.3, 0.4) is 0 Å². The number of nitrogens with zero attached hydrogens (tertiary/aromatic N) is 1. The number of amides is 1. The monoisotopic (exact) mass is 472 g/mol. The van der Waals surface area contributed by atoms with Crippen molar-refractivity contribution in [1.82, 2.24) is 9.88 Å². The third kappa shape index (κ3) is 4.64. The van der Waals surface area contributed by atoms with Gasteiger partial charge in [0.2, 0.25) is 0 Å². The third-order valence-electron chi connectivity index (χ3n) is 5.13. The van der Waals surface area contributed by atoms with Gasteiger partial charge >= 0.3 is 5.97 Å². The number of hydrogen-bond donors (Lipinski definition) is 1. The van der Waals surface area contributed by atoms with Crippen molar-refractivity contribution in [2.45, 2.75) is 17.9 Å². The van der Waals surface area contributed by atoms with Crippen LogP contribution in [0.4, 0.5) is 0 Å². The first-order chi connectivity index (χ1) is 15.1. The first kappa shape index (κ1) is 23.4. The zero-order chi connectivity index (χ0) is 23.6. The van der Waals surface area contributed by atoms with Gasteiger partial charge in [0.25, 0.3) is 5.91 Å². The molecular formula is C23H21ClN2O5S. The summed E-state index contributed by atoms with van der Waals surface area (Å²) in [6.45, 7) is 1.78. The minimum atomic E-state index is -3.80. The molecule has 0 saturated heterocycles. The molecule has 166 valence electrons. The van der Waals surface area contributed by atoms with Gasteiger partial charge in [-0.25, -0.2) is 8.42 Å². The van der Waals surface area contributed by atoms with E-state index in [0.29, 0.717) is 27.2 Å². The van der Waals surface area contributed by atoms with Gasteiger partial charge in [-0.2, -0.15) is 0 Å². The van der Waals surface area contributed by atoms with E-state index >= 15 is 0 Å². The summed E-state index contributed by atoms with van der Waals surface area (Å²) in [5, 5.41) is 4.07. The molecule has 0 saturated carbocycles. The van der Waals surface area contributed by atoms with Crippen molar-refractivity contribution in [3.05, 3.63) is 64.3 Å². The normalized spacial score (nSPS) is 12.2. The van der Waals surface area contributed by atoms with Gasteiger partial charge in [-0.15, -0.1) is 6.42 Å². The molecular weight excluding hydrogens is 452 g/mol. The molecule has 0 fully saturated rings. The van der Waals surface area contributed by atoms with Crippen LogP contribution >= 0.6 is 11.6 Å². The van der Waals surface area contributed by atoms with E-state index in [1.54, 1.807) is 48.9 Å². The molecule has 1 N–H and O–H groups in total. The number of carbonyl (C=O) groups is 2. The summed E-state index contributed by atoms with van der Waals surface area (Å²) in [4.78, 5) is 24.2. The first-order valence-corrected chi connectivity index (χ1v) is 11.6.